The molecule has 0 bridgehead atoms. The number of halogens is 1. The third kappa shape index (κ3) is 1.95. The smallest absolute Gasteiger partial charge is 0.450 e. The normalized spacial score (nSPS) is 11.8. The molecule has 0 atom stereocenters. The Kier molecular flexibility index (Phi) is 3.24. The zero-order chi connectivity index (χ0) is 13.5. The largest absolute Gasteiger partial charge is 0.461 e. The highest BCUT2D eigenvalue weighted by atomic mass is 79.9. The molecule has 18 heavy (non-hydrogen) atoms. The Morgan fingerprint density at radius 2 is 1.83 bits per heavy atom. The summed E-state index contributed by atoms with van der Waals surface area (Å²) in [5.74, 6) is 0.964. The van der Waals surface area contributed by atoms with Gasteiger partial charge in [-0.2, -0.15) is 0 Å². The Bertz CT molecular complexity index is 627. The van der Waals surface area contributed by atoms with Gasteiger partial charge < -0.3 is 3.14 Å². The van der Waals surface area contributed by atoms with Crippen molar-refractivity contribution in [2.24, 2.45) is 0 Å². The van der Waals surface area contributed by atoms with Crippen LogP contribution in [0.1, 0.15) is 37.7 Å². The zero-order valence-electron chi connectivity index (χ0n) is 11.1. The summed E-state index contributed by atoms with van der Waals surface area (Å²) in [6.45, 7) is 14.4. The van der Waals surface area contributed by atoms with E-state index in [1.165, 1.54) is 10.9 Å². The van der Waals surface area contributed by atoms with E-state index in [1.807, 2.05) is 12.2 Å². The lowest BCUT2D eigenvalue weighted by Gasteiger charge is -2.18. The minimum atomic E-state index is 0.139. The average Bonchev–Trinajstić information content (AvgIpc) is 2.60. The summed E-state index contributed by atoms with van der Waals surface area (Å²) >= 11 is 3.49. The van der Waals surface area contributed by atoms with Crippen LogP contribution in [0.25, 0.3) is 23.1 Å². The fourth-order valence-electron chi connectivity index (χ4n) is 2.10. The Balaban J connectivity index is 2.85. The van der Waals surface area contributed by atoms with Crippen LogP contribution < -0.4 is 0 Å². The van der Waals surface area contributed by atoms with Gasteiger partial charge in [0.1, 0.15) is 0 Å². The van der Waals surface area contributed by atoms with Crippen molar-refractivity contribution in [3.63, 3.8) is 0 Å². The quantitative estimate of drug-likeness (QED) is 0.611. The number of benzene rings is 1. The van der Waals surface area contributed by atoms with Gasteiger partial charge in [0.05, 0.1) is 10.9 Å². The zero-order valence-corrected chi connectivity index (χ0v) is 12.7. The standard InChI is InChI=1S/C16H18BrO/c1-6-12-13-10-11(16(3,4)5)8-9-15(13)18(17)14(12)7-2/h6-10H,1-2H2,3-5H3/q+1. The number of hydrogen-bond donors (Lipinski definition) is 0. The van der Waals surface area contributed by atoms with Gasteiger partial charge in [-0.25, -0.2) is 0 Å². The summed E-state index contributed by atoms with van der Waals surface area (Å²) in [6, 6.07) is 6.49. The molecule has 94 valence electrons. The first-order chi connectivity index (χ1) is 8.40. The van der Waals surface area contributed by atoms with Crippen molar-refractivity contribution in [3.8, 4) is 0 Å². The van der Waals surface area contributed by atoms with Crippen molar-refractivity contribution in [1.29, 1.82) is 0 Å². The molecule has 0 saturated heterocycles. The molecule has 0 N–H and O–H groups in total. The predicted octanol–water partition coefficient (Wildman–Crippen LogP) is 5.86. The van der Waals surface area contributed by atoms with Crippen LogP contribution in [-0.2, 0) is 5.41 Å². The molecule has 0 saturated carbocycles. The number of hydrogen-bond acceptors (Lipinski definition) is 0. The van der Waals surface area contributed by atoms with E-state index in [-0.39, 0.29) is 5.41 Å². The van der Waals surface area contributed by atoms with E-state index in [0.717, 1.165) is 16.9 Å². The lowest BCUT2D eigenvalue weighted by atomic mass is 9.86. The van der Waals surface area contributed by atoms with E-state index in [9.17, 15) is 0 Å². The van der Waals surface area contributed by atoms with Gasteiger partial charge in [0.2, 0.25) is 0 Å². The maximum Gasteiger partial charge on any atom is 0.450 e. The van der Waals surface area contributed by atoms with Gasteiger partial charge in [-0.05, 0) is 23.1 Å². The Morgan fingerprint density at radius 3 is 2.33 bits per heavy atom. The minimum Gasteiger partial charge on any atom is -0.461 e. The molecule has 2 aromatic rings. The lowest BCUT2D eigenvalue weighted by molar-refractivity contribution is 0.504. The third-order valence-corrected chi connectivity index (χ3v) is 3.87. The second-order valence-electron chi connectivity index (χ2n) is 5.40. The highest BCUT2D eigenvalue weighted by molar-refractivity contribution is 9.06. The van der Waals surface area contributed by atoms with Crippen LogP contribution in [0, 0.1) is 0 Å². The lowest BCUT2D eigenvalue weighted by Crippen LogP contribution is -2.10. The van der Waals surface area contributed by atoms with Crippen LogP contribution in [0.15, 0.2) is 34.5 Å². The summed E-state index contributed by atoms with van der Waals surface area (Å²) < 4.78 is 2.86. The molecule has 0 aliphatic carbocycles. The maximum absolute atomic E-state index is 3.90. The molecule has 0 aliphatic rings. The van der Waals surface area contributed by atoms with Crippen LogP contribution in [0.2, 0.25) is 0 Å². The van der Waals surface area contributed by atoms with Crippen molar-refractivity contribution in [2.75, 3.05) is 0 Å². The van der Waals surface area contributed by atoms with Crippen LogP contribution in [-0.4, -0.2) is 0 Å². The summed E-state index contributed by atoms with van der Waals surface area (Å²) in [5.41, 5.74) is 3.60. The molecule has 2 heteroatoms. The van der Waals surface area contributed by atoms with Crippen LogP contribution in [0.3, 0.4) is 0 Å². The topological polar surface area (TPSA) is 2.70 Å². The fraction of sp³-hybridized carbons (Fsp3) is 0.250. The number of fused-ring (bicyclic) bond motifs is 1. The predicted molar refractivity (Wildman–Crippen MR) is 84.0 cm³/mol. The fourth-order valence-corrected chi connectivity index (χ4v) is 2.69. The molecule has 0 amide bonds. The van der Waals surface area contributed by atoms with Crippen molar-refractivity contribution in [1.82, 2.24) is 0 Å². The summed E-state index contributed by atoms with van der Waals surface area (Å²) in [5, 5.41) is 1.18. The Hall–Kier alpha value is -1.28. The first kappa shape index (κ1) is 13.2. The maximum atomic E-state index is 3.90. The molecule has 1 heterocycles. The van der Waals surface area contributed by atoms with Crippen molar-refractivity contribution in [2.45, 2.75) is 26.2 Å². The number of furan rings is 1. The highest BCUT2D eigenvalue weighted by Crippen LogP contribution is 2.38. The summed E-state index contributed by atoms with van der Waals surface area (Å²) in [4.78, 5) is 0. The molecule has 0 radical (unpaired) electrons. The molecular formula is C16H18BrO+. The molecule has 0 unspecified atom stereocenters. The van der Waals surface area contributed by atoms with E-state index < -0.39 is 0 Å². The van der Waals surface area contributed by atoms with Crippen LogP contribution >= 0.6 is 16.3 Å². The van der Waals surface area contributed by atoms with Gasteiger partial charge in [-0.1, -0.05) is 40.0 Å². The van der Waals surface area contributed by atoms with E-state index in [2.05, 4.69) is 71.5 Å². The van der Waals surface area contributed by atoms with Gasteiger partial charge in [0.25, 0.3) is 11.3 Å². The van der Waals surface area contributed by atoms with Crippen molar-refractivity contribution < 1.29 is 3.14 Å². The third-order valence-electron chi connectivity index (χ3n) is 3.18. The van der Waals surface area contributed by atoms with E-state index >= 15 is 0 Å². The molecule has 0 aliphatic heterocycles. The van der Waals surface area contributed by atoms with Crippen LogP contribution in [0.5, 0.6) is 0 Å². The van der Waals surface area contributed by atoms with Crippen LogP contribution in [0.4, 0.5) is 0 Å². The minimum absolute atomic E-state index is 0.139. The molecule has 1 aromatic carbocycles. The molecule has 1 aromatic heterocycles. The SMILES string of the molecule is C=Cc1c(C=C)[o+](Br)c2ccc(C(C)(C)C)cc12. The van der Waals surface area contributed by atoms with E-state index in [0.29, 0.717) is 0 Å². The van der Waals surface area contributed by atoms with E-state index in [4.69, 9.17) is 0 Å². The average molecular weight is 306 g/mol. The van der Waals surface area contributed by atoms with Crippen molar-refractivity contribution >= 4 is 39.4 Å². The van der Waals surface area contributed by atoms with Gasteiger partial charge >= 0.3 is 16.3 Å². The van der Waals surface area contributed by atoms with Gasteiger partial charge in [-0.15, -0.1) is 0 Å². The highest BCUT2D eigenvalue weighted by Gasteiger charge is 2.23. The first-order valence-electron chi connectivity index (χ1n) is 5.94. The molecule has 0 spiro atoms. The van der Waals surface area contributed by atoms with Gasteiger partial charge in [-0.3, -0.25) is 0 Å². The summed E-state index contributed by atoms with van der Waals surface area (Å²) in [7, 11) is 0. The second kappa shape index (κ2) is 4.43. The van der Waals surface area contributed by atoms with Crippen molar-refractivity contribution in [3.05, 3.63) is 48.2 Å². The second-order valence-corrected chi connectivity index (χ2v) is 6.05. The molecule has 1 nitrogen and oxygen atoms in total. The molecule has 2 rings (SSSR count). The van der Waals surface area contributed by atoms with Gasteiger partial charge in [0.15, 0.2) is 0 Å². The first-order valence-corrected chi connectivity index (χ1v) is 6.59. The number of rotatable bonds is 2. The molecule has 0 fully saturated rings. The Labute approximate surface area is 117 Å². The summed E-state index contributed by atoms with van der Waals surface area (Å²) in [6.07, 6.45) is 3.68. The molecular weight excluding hydrogens is 288 g/mol. The monoisotopic (exact) mass is 305 g/mol. The van der Waals surface area contributed by atoms with E-state index in [1.54, 1.807) is 0 Å². The van der Waals surface area contributed by atoms with Gasteiger partial charge in [0, 0.05) is 12.1 Å². The Morgan fingerprint density at radius 1 is 1.17 bits per heavy atom.